The van der Waals surface area contributed by atoms with Crippen LogP contribution in [0.1, 0.15) is 67.9 Å². The molecule has 0 aliphatic carbocycles. The number of carbonyl (C=O) groups excluding carboxylic acids is 1. The lowest BCUT2D eigenvalue weighted by molar-refractivity contribution is -0.914. The zero-order chi connectivity index (χ0) is 24.9. The summed E-state index contributed by atoms with van der Waals surface area (Å²) in [5, 5.41) is 13.9. The Hall–Kier alpha value is -3.25. The molecule has 1 aliphatic rings. The first-order valence-electron chi connectivity index (χ1n) is 12.8. The van der Waals surface area contributed by atoms with Gasteiger partial charge in [0.1, 0.15) is 18.0 Å². The molecule has 1 aromatic heterocycles. The number of nitrogens with zero attached hydrogens (tertiary/aromatic N) is 1. The third-order valence-corrected chi connectivity index (χ3v) is 6.84. The highest BCUT2D eigenvalue weighted by atomic mass is 16.5. The third-order valence-electron chi connectivity index (χ3n) is 6.84. The summed E-state index contributed by atoms with van der Waals surface area (Å²) in [5.74, 6) is 1.22. The molecule has 3 aromatic rings. The second-order valence-electron chi connectivity index (χ2n) is 9.25. The van der Waals surface area contributed by atoms with Crippen LogP contribution >= 0.6 is 0 Å². The van der Waals surface area contributed by atoms with Gasteiger partial charge in [-0.05, 0) is 50.1 Å². The standard InChI is InChI=1S/C29H36N2O4/c1-5-8-14-30(15-9-6-2)19-24-26(32)13-11-22-28(33)27(35-29(22)24)16-20-18-31(7-3)25-12-10-21(34-4)17-23(20)25/h10-13,16-18,32H,5-9,14-15,19H2,1-4H3. The first-order chi connectivity index (χ1) is 17.0. The van der Waals surface area contributed by atoms with Crippen molar-refractivity contribution in [3.05, 3.63) is 59.0 Å². The van der Waals surface area contributed by atoms with Gasteiger partial charge in [0.05, 0.1) is 25.8 Å². The van der Waals surface area contributed by atoms with Crippen molar-refractivity contribution < 1.29 is 24.3 Å². The molecule has 4 rings (SSSR count). The first kappa shape index (κ1) is 24.9. The van der Waals surface area contributed by atoms with Crippen molar-refractivity contribution in [1.29, 1.82) is 0 Å². The minimum absolute atomic E-state index is 0.0596. The molecule has 1 aliphatic heterocycles. The number of benzene rings is 2. The van der Waals surface area contributed by atoms with Crippen LogP contribution in [0.3, 0.4) is 0 Å². The summed E-state index contributed by atoms with van der Waals surface area (Å²) in [6.45, 7) is 9.85. The van der Waals surface area contributed by atoms with E-state index in [-0.39, 0.29) is 17.3 Å². The molecule has 0 spiro atoms. The van der Waals surface area contributed by atoms with E-state index >= 15 is 0 Å². The summed E-state index contributed by atoms with van der Waals surface area (Å²) in [6.07, 6.45) is 8.27. The van der Waals surface area contributed by atoms with Crippen LogP contribution in [0.4, 0.5) is 0 Å². The molecule has 2 heterocycles. The molecule has 0 radical (unpaired) electrons. The molecule has 0 fully saturated rings. The molecule has 0 amide bonds. The van der Waals surface area contributed by atoms with Crippen molar-refractivity contribution in [3.8, 4) is 17.2 Å². The van der Waals surface area contributed by atoms with E-state index in [4.69, 9.17) is 9.47 Å². The summed E-state index contributed by atoms with van der Waals surface area (Å²) in [7, 11) is 1.64. The smallest absolute Gasteiger partial charge is 0.231 e. The number of fused-ring (bicyclic) bond motifs is 2. The molecule has 35 heavy (non-hydrogen) atoms. The van der Waals surface area contributed by atoms with Crippen LogP contribution in [0.25, 0.3) is 17.0 Å². The Kier molecular flexibility index (Phi) is 7.81. The maximum Gasteiger partial charge on any atom is 0.231 e. The Balaban J connectivity index is 1.69. The molecule has 2 aromatic carbocycles. The van der Waals surface area contributed by atoms with Gasteiger partial charge in [-0.15, -0.1) is 0 Å². The van der Waals surface area contributed by atoms with Crippen molar-refractivity contribution in [2.75, 3.05) is 20.2 Å². The summed E-state index contributed by atoms with van der Waals surface area (Å²) in [4.78, 5) is 14.7. The van der Waals surface area contributed by atoms with Gasteiger partial charge in [0.2, 0.25) is 5.78 Å². The Bertz CT molecular complexity index is 1230. The number of hydrogen-bond donors (Lipinski definition) is 1. The van der Waals surface area contributed by atoms with E-state index in [1.165, 1.54) is 11.0 Å². The number of unbranched alkanes of at least 4 members (excludes halogenated alkanes) is 2. The van der Waals surface area contributed by atoms with Gasteiger partial charge in [-0.1, -0.05) is 38.5 Å². The van der Waals surface area contributed by atoms with Crippen LogP contribution in [-0.2, 0) is 13.1 Å². The second kappa shape index (κ2) is 11.0. The van der Waals surface area contributed by atoms with Gasteiger partial charge >= 0.3 is 0 Å². The summed E-state index contributed by atoms with van der Waals surface area (Å²) in [5.41, 5.74) is 3.04. The van der Waals surface area contributed by atoms with Crippen LogP contribution in [0.15, 0.2) is 42.3 Å². The lowest BCUT2D eigenvalue weighted by atomic mass is 10.0. The lowest BCUT2D eigenvalue weighted by Crippen LogP contribution is -3.10. The van der Waals surface area contributed by atoms with Crippen molar-refractivity contribution in [2.24, 2.45) is 0 Å². The van der Waals surface area contributed by atoms with E-state index in [0.29, 0.717) is 23.4 Å². The molecule has 0 bridgehead atoms. The zero-order valence-corrected chi connectivity index (χ0v) is 21.3. The van der Waals surface area contributed by atoms with Crippen LogP contribution in [0.2, 0.25) is 0 Å². The fraction of sp³-hybridized carbons (Fsp3) is 0.414. The van der Waals surface area contributed by atoms with Gasteiger partial charge in [0.25, 0.3) is 0 Å². The van der Waals surface area contributed by atoms with E-state index in [2.05, 4.69) is 25.3 Å². The molecule has 6 nitrogen and oxygen atoms in total. The maximum absolute atomic E-state index is 13.3. The highest BCUT2D eigenvalue weighted by molar-refractivity contribution is 6.15. The van der Waals surface area contributed by atoms with Crippen LogP contribution in [0.5, 0.6) is 17.2 Å². The number of ketones is 1. The Morgan fingerprint density at radius 3 is 2.49 bits per heavy atom. The highest BCUT2D eigenvalue weighted by Gasteiger charge is 2.31. The molecule has 0 saturated carbocycles. The number of carbonyl (C=O) groups is 1. The number of aromatic nitrogens is 1. The van der Waals surface area contributed by atoms with E-state index in [0.717, 1.165) is 67.5 Å². The molecule has 0 saturated heterocycles. The predicted molar refractivity (Wildman–Crippen MR) is 137 cm³/mol. The van der Waals surface area contributed by atoms with Gasteiger partial charge in [-0.2, -0.15) is 0 Å². The Morgan fingerprint density at radius 1 is 1.09 bits per heavy atom. The van der Waals surface area contributed by atoms with Crippen molar-refractivity contribution in [3.63, 3.8) is 0 Å². The Morgan fingerprint density at radius 2 is 1.83 bits per heavy atom. The van der Waals surface area contributed by atoms with Crippen LogP contribution in [0, 0.1) is 0 Å². The Labute approximate surface area is 207 Å². The molecular weight excluding hydrogens is 440 g/mol. The quantitative estimate of drug-likeness (QED) is 0.418. The lowest BCUT2D eigenvalue weighted by Gasteiger charge is -2.23. The summed E-state index contributed by atoms with van der Waals surface area (Å²) < 4.78 is 13.7. The fourth-order valence-corrected chi connectivity index (χ4v) is 4.81. The van der Waals surface area contributed by atoms with Crippen molar-refractivity contribution in [1.82, 2.24) is 4.57 Å². The molecular formula is C29H36N2O4. The normalized spacial score (nSPS) is 14.2. The number of rotatable bonds is 11. The molecule has 0 atom stereocenters. The van der Waals surface area contributed by atoms with E-state index in [1.807, 2.05) is 24.4 Å². The number of hydrogen-bond acceptors (Lipinski definition) is 4. The van der Waals surface area contributed by atoms with E-state index in [9.17, 15) is 9.90 Å². The minimum atomic E-state index is -0.176. The second-order valence-corrected chi connectivity index (χ2v) is 9.25. The average molecular weight is 477 g/mol. The fourth-order valence-electron chi connectivity index (χ4n) is 4.81. The summed E-state index contributed by atoms with van der Waals surface area (Å²) in [6, 6.07) is 9.07. The van der Waals surface area contributed by atoms with Crippen molar-refractivity contribution in [2.45, 2.75) is 59.5 Å². The number of ether oxygens (including phenoxy) is 2. The number of nitrogens with one attached hydrogen (secondary N) is 1. The number of methoxy groups -OCH3 is 1. The predicted octanol–water partition coefficient (Wildman–Crippen LogP) is 4.34. The van der Waals surface area contributed by atoms with Gasteiger partial charge in [0, 0.05) is 34.8 Å². The molecule has 6 heteroatoms. The number of Topliss-reactive ketones (excluding diaryl/α,β-unsaturated/α-hetero) is 1. The zero-order valence-electron chi connectivity index (χ0n) is 21.3. The van der Waals surface area contributed by atoms with E-state index in [1.54, 1.807) is 19.3 Å². The highest BCUT2D eigenvalue weighted by Crippen LogP contribution is 2.39. The van der Waals surface area contributed by atoms with Crippen molar-refractivity contribution >= 4 is 22.8 Å². The molecule has 186 valence electrons. The van der Waals surface area contributed by atoms with Crippen LogP contribution in [-0.4, -0.2) is 30.5 Å². The maximum atomic E-state index is 13.3. The first-order valence-corrected chi connectivity index (χ1v) is 12.8. The van der Waals surface area contributed by atoms with Gasteiger partial charge in [-0.3, -0.25) is 4.79 Å². The molecule has 1 N–H and O–H groups in total. The largest absolute Gasteiger partial charge is 0.872 e. The average Bonchev–Trinajstić information content (AvgIpc) is 3.38. The summed E-state index contributed by atoms with van der Waals surface area (Å²) >= 11 is 0. The monoisotopic (exact) mass is 476 g/mol. The van der Waals surface area contributed by atoms with Gasteiger partial charge in [-0.25, -0.2) is 0 Å². The number of aryl methyl sites for hydroxylation is 1. The topological polar surface area (TPSA) is 68.0 Å². The van der Waals surface area contributed by atoms with Gasteiger partial charge < -0.3 is 24.0 Å². The SMILES string of the molecule is CCCC[NH+](CCCC)Cc1c([O-])ccc2c1OC(=Cc1cn(CC)c3ccc(OC)cc13)C2=O. The number of allylic oxidation sites excluding steroid dienone is 1. The molecule has 0 unspecified atom stereocenters. The van der Waals surface area contributed by atoms with E-state index < -0.39 is 0 Å². The van der Waals surface area contributed by atoms with Gasteiger partial charge in [0.15, 0.2) is 5.76 Å². The third kappa shape index (κ3) is 5.08. The number of quaternary nitrogens is 1. The van der Waals surface area contributed by atoms with Crippen LogP contribution < -0.4 is 19.5 Å². The minimum Gasteiger partial charge on any atom is -0.872 e.